The highest BCUT2D eigenvalue weighted by Gasteiger charge is 2.29. The van der Waals surface area contributed by atoms with Crippen LogP contribution in [0.5, 0.6) is 0 Å². The van der Waals surface area contributed by atoms with Gasteiger partial charge in [0.15, 0.2) is 0 Å². The molecule has 0 aliphatic carbocycles. The van der Waals surface area contributed by atoms with E-state index < -0.39 is 0 Å². The maximum atomic E-state index is 11.9. The van der Waals surface area contributed by atoms with Crippen LogP contribution in [0.2, 0.25) is 0 Å². The first-order valence-corrected chi connectivity index (χ1v) is 8.12. The van der Waals surface area contributed by atoms with Gasteiger partial charge in [-0.05, 0) is 24.1 Å². The molecule has 1 fully saturated rings. The van der Waals surface area contributed by atoms with Crippen LogP contribution in [-0.4, -0.2) is 30.3 Å². The first-order valence-electron chi connectivity index (χ1n) is 8.12. The summed E-state index contributed by atoms with van der Waals surface area (Å²) in [6.07, 6.45) is 5.03. The summed E-state index contributed by atoms with van der Waals surface area (Å²) in [5.74, 6) is 0.326. The molecule has 2 N–H and O–H groups in total. The van der Waals surface area contributed by atoms with Gasteiger partial charge in [-0.25, -0.2) is 4.79 Å². The van der Waals surface area contributed by atoms with Crippen LogP contribution in [0.3, 0.4) is 0 Å². The largest absolute Gasteiger partial charge is 0.373 e. The Morgan fingerprint density at radius 1 is 1.13 bits per heavy atom. The predicted octanol–water partition coefficient (Wildman–Crippen LogP) is 2.57. The van der Waals surface area contributed by atoms with Crippen LogP contribution < -0.4 is 10.6 Å². The van der Waals surface area contributed by atoms with E-state index in [0.29, 0.717) is 19.0 Å². The Hall–Kier alpha value is -2.27. The molecule has 122 valence electrons. The van der Waals surface area contributed by atoms with E-state index in [0.717, 1.165) is 19.6 Å². The molecule has 0 radical (unpaired) electrons. The van der Waals surface area contributed by atoms with Gasteiger partial charge in [0, 0.05) is 44.6 Å². The SMILES string of the molecule is O=C(NCCn1cccc1)NC[C@@H]1CCO[C@H]1c1ccccc1. The van der Waals surface area contributed by atoms with Gasteiger partial charge in [-0.1, -0.05) is 30.3 Å². The summed E-state index contributed by atoms with van der Waals surface area (Å²) in [5.41, 5.74) is 1.19. The van der Waals surface area contributed by atoms with Crippen molar-refractivity contribution in [2.45, 2.75) is 19.1 Å². The van der Waals surface area contributed by atoms with Crippen molar-refractivity contribution in [3.63, 3.8) is 0 Å². The van der Waals surface area contributed by atoms with Crippen LogP contribution in [-0.2, 0) is 11.3 Å². The molecule has 2 amide bonds. The zero-order valence-electron chi connectivity index (χ0n) is 13.2. The average Bonchev–Trinajstić information content (AvgIpc) is 3.25. The number of nitrogens with one attached hydrogen (secondary N) is 2. The second-order valence-corrected chi connectivity index (χ2v) is 5.81. The Balaban J connectivity index is 1.41. The first kappa shape index (κ1) is 15.6. The number of aromatic nitrogens is 1. The topological polar surface area (TPSA) is 55.3 Å². The molecule has 1 aliphatic rings. The Morgan fingerprint density at radius 2 is 1.91 bits per heavy atom. The molecule has 0 spiro atoms. The Bertz CT molecular complexity index is 598. The summed E-state index contributed by atoms with van der Waals surface area (Å²) in [6.45, 7) is 2.78. The van der Waals surface area contributed by atoms with Crippen LogP contribution in [0.4, 0.5) is 4.79 Å². The fourth-order valence-corrected chi connectivity index (χ4v) is 2.96. The summed E-state index contributed by atoms with van der Waals surface area (Å²) in [6, 6.07) is 14.1. The second kappa shape index (κ2) is 7.83. The number of rotatable bonds is 6. The third-order valence-electron chi connectivity index (χ3n) is 4.19. The van der Waals surface area contributed by atoms with Gasteiger partial charge in [0.05, 0.1) is 6.10 Å². The van der Waals surface area contributed by atoms with Gasteiger partial charge in [-0.2, -0.15) is 0 Å². The highest BCUT2D eigenvalue weighted by atomic mass is 16.5. The first-order chi connectivity index (χ1) is 11.3. The quantitative estimate of drug-likeness (QED) is 0.861. The molecule has 1 aromatic heterocycles. The van der Waals surface area contributed by atoms with Gasteiger partial charge in [0.2, 0.25) is 0 Å². The third-order valence-corrected chi connectivity index (χ3v) is 4.19. The van der Waals surface area contributed by atoms with E-state index in [4.69, 9.17) is 4.74 Å². The minimum Gasteiger partial charge on any atom is -0.373 e. The van der Waals surface area contributed by atoms with Crippen LogP contribution in [0.1, 0.15) is 18.1 Å². The number of ether oxygens (including phenoxy) is 1. The maximum Gasteiger partial charge on any atom is 0.314 e. The minimum atomic E-state index is -0.115. The number of urea groups is 1. The highest BCUT2D eigenvalue weighted by Crippen LogP contribution is 2.33. The maximum absolute atomic E-state index is 11.9. The molecule has 23 heavy (non-hydrogen) atoms. The van der Waals surface area contributed by atoms with Crippen molar-refractivity contribution in [1.82, 2.24) is 15.2 Å². The monoisotopic (exact) mass is 313 g/mol. The van der Waals surface area contributed by atoms with Crippen molar-refractivity contribution < 1.29 is 9.53 Å². The molecule has 2 heterocycles. The Kier molecular flexibility index (Phi) is 5.32. The normalized spacial score (nSPS) is 20.3. The molecule has 1 aromatic carbocycles. The van der Waals surface area contributed by atoms with Gasteiger partial charge < -0.3 is 19.9 Å². The van der Waals surface area contributed by atoms with Gasteiger partial charge >= 0.3 is 6.03 Å². The number of carbonyl (C=O) groups is 1. The fraction of sp³-hybridized carbons (Fsp3) is 0.389. The molecule has 2 aromatic rings. The molecule has 1 aliphatic heterocycles. The van der Waals surface area contributed by atoms with E-state index in [1.807, 2.05) is 47.3 Å². The lowest BCUT2D eigenvalue weighted by atomic mass is 9.95. The molecule has 0 bridgehead atoms. The summed E-state index contributed by atoms with van der Waals surface area (Å²) >= 11 is 0. The standard InChI is InChI=1S/C18H23N3O2/c22-18(19-9-12-21-10-4-5-11-21)20-14-16-8-13-23-17(16)15-6-2-1-3-7-15/h1-7,10-11,16-17H,8-9,12-14H2,(H2,19,20,22)/t16-,17-/m0/s1. The molecule has 0 saturated carbocycles. The molecular weight excluding hydrogens is 290 g/mol. The number of hydrogen-bond acceptors (Lipinski definition) is 2. The Labute approximate surface area is 136 Å². The van der Waals surface area contributed by atoms with Gasteiger partial charge in [-0.15, -0.1) is 0 Å². The van der Waals surface area contributed by atoms with E-state index >= 15 is 0 Å². The van der Waals surface area contributed by atoms with Crippen molar-refractivity contribution in [2.75, 3.05) is 19.7 Å². The Morgan fingerprint density at radius 3 is 2.70 bits per heavy atom. The summed E-state index contributed by atoms with van der Waals surface area (Å²) in [7, 11) is 0. The third kappa shape index (κ3) is 4.36. The lowest BCUT2D eigenvalue weighted by Gasteiger charge is -2.19. The zero-order valence-corrected chi connectivity index (χ0v) is 13.2. The predicted molar refractivity (Wildman–Crippen MR) is 89.1 cm³/mol. The van der Waals surface area contributed by atoms with Crippen LogP contribution >= 0.6 is 0 Å². The average molecular weight is 313 g/mol. The number of hydrogen-bond donors (Lipinski definition) is 2. The summed E-state index contributed by atoms with van der Waals surface area (Å²) in [5, 5.41) is 5.85. The lowest BCUT2D eigenvalue weighted by molar-refractivity contribution is 0.0910. The van der Waals surface area contributed by atoms with Crippen LogP contribution in [0.25, 0.3) is 0 Å². The minimum absolute atomic E-state index is 0.0800. The van der Waals surface area contributed by atoms with Crippen LogP contribution in [0, 0.1) is 5.92 Å². The van der Waals surface area contributed by atoms with E-state index in [1.165, 1.54) is 5.56 Å². The van der Waals surface area contributed by atoms with Crippen molar-refractivity contribution in [3.8, 4) is 0 Å². The van der Waals surface area contributed by atoms with Crippen molar-refractivity contribution >= 4 is 6.03 Å². The van der Waals surface area contributed by atoms with Crippen LogP contribution in [0.15, 0.2) is 54.9 Å². The van der Waals surface area contributed by atoms with Crippen molar-refractivity contribution in [1.29, 1.82) is 0 Å². The van der Waals surface area contributed by atoms with E-state index in [9.17, 15) is 4.79 Å². The van der Waals surface area contributed by atoms with E-state index in [-0.39, 0.29) is 12.1 Å². The number of benzene rings is 1. The number of amides is 2. The lowest BCUT2D eigenvalue weighted by Crippen LogP contribution is -2.40. The van der Waals surface area contributed by atoms with Gasteiger partial charge in [0.1, 0.15) is 0 Å². The number of nitrogens with zero attached hydrogens (tertiary/aromatic N) is 1. The molecule has 0 unspecified atom stereocenters. The molecule has 1 saturated heterocycles. The zero-order chi connectivity index (χ0) is 15.9. The molecule has 5 nitrogen and oxygen atoms in total. The molecule has 2 atom stereocenters. The summed E-state index contributed by atoms with van der Waals surface area (Å²) < 4.78 is 7.88. The molecule has 5 heteroatoms. The van der Waals surface area contributed by atoms with Crippen molar-refractivity contribution in [2.24, 2.45) is 5.92 Å². The van der Waals surface area contributed by atoms with E-state index in [1.54, 1.807) is 0 Å². The van der Waals surface area contributed by atoms with Gasteiger partial charge in [0.25, 0.3) is 0 Å². The number of carbonyl (C=O) groups excluding carboxylic acids is 1. The highest BCUT2D eigenvalue weighted by molar-refractivity contribution is 5.73. The van der Waals surface area contributed by atoms with Gasteiger partial charge in [-0.3, -0.25) is 0 Å². The second-order valence-electron chi connectivity index (χ2n) is 5.81. The molecule has 3 rings (SSSR count). The summed E-state index contributed by atoms with van der Waals surface area (Å²) in [4.78, 5) is 11.9. The fourth-order valence-electron chi connectivity index (χ4n) is 2.96. The van der Waals surface area contributed by atoms with Crippen molar-refractivity contribution in [3.05, 3.63) is 60.4 Å². The smallest absolute Gasteiger partial charge is 0.314 e. The van der Waals surface area contributed by atoms with E-state index in [2.05, 4.69) is 22.8 Å². The molecular formula is C18H23N3O2.